The van der Waals surface area contributed by atoms with Gasteiger partial charge in [0.2, 0.25) is 17.8 Å². The highest BCUT2D eigenvalue weighted by atomic mass is 16.5. The average molecular weight is 433 g/mol. The first kappa shape index (κ1) is 22.0. The molecule has 4 heterocycles. The number of likely N-dealkylation sites (tertiary alicyclic amines) is 1. The first-order valence-corrected chi connectivity index (χ1v) is 12.0. The first-order valence-electron chi connectivity index (χ1n) is 12.0. The maximum Gasteiger partial charge on any atom is 0.227 e. The van der Waals surface area contributed by atoms with Crippen LogP contribution in [0.2, 0.25) is 0 Å². The second-order valence-electron chi connectivity index (χ2n) is 9.13. The maximum atomic E-state index is 12.9. The van der Waals surface area contributed by atoms with Crippen LogP contribution in [0.3, 0.4) is 0 Å². The van der Waals surface area contributed by atoms with Crippen molar-refractivity contribution in [2.75, 3.05) is 44.3 Å². The van der Waals surface area contributed by atoms with Crippen LogP contribution in [0.5, 0.6) is 0 Å². The molecule has 0 saturated carbocycles. The number of anilines is 1. The van der Waals surface area contributed by atoms with Gasteiger partial charge in [0.1, 0.15) is 5.82 Å². The van der Waals surface area contributed by atoms with Crippen LogP contribution in [0, 0.1) is 5.92 Å². The molecule has 0 aromatic carbocycles. The number of primary amides is 1. The molecule has 3 aliphatic heterocycles. The van der Waals surface area contributed by atoms with Gasteiger partial charge in [0.15, 0.2) is 0 Å². The lowest BCUT2D eigenvalue weighted by Crippen LogP contribution is -2.40. The molecule has 0 bridgehead atoms. The number of hydrogen-bond acceptors (Lipinski definition) is 6. The number of carbonyl (C=O) groups is 2. The van der Waals surface area contributed by atoms with Gasteiger partial charge in [-0.25, -0.2) is 0 Å². The molecular weight excluding hydrogens is 396 g/mol. The number of rotatable bonds is 6. The van der Waals surface area contributed by atoms with Crippen molar-refractivity contribution in [1.82, 2.24) is 19.7 Å². The van der Waals surface area contributed by atoms with Crippen molar-refractivity contribution in [1.29, 1.82) is 0 Å². The van der Waals surface area contributed by atoms with Gasteiger partial charge in [0.25, 0.3) is 0 Å². The molecule has 4 rings (SSSR count). The number of aromatic nitrogens is 3. The highest BCUT2D eigenvalue weighted by Gasteiger charge is 2.30. The predicted molar refractivity (Wildman–Crippen MR) is 117 cm³/mol. The highest BCUT2D eigenvalue weighted by molar-refractivity contribution is 5.77. The summed E-state index contributed by atoms with van der Waals surface area (Å²) in [5.74, 6) is 1.89. The van der Waals surface area contributed by atoms with Crippen LogP contribution in [0.15, 0.2) is 0 Å². The van der Waals surface area contributed by atoms with Crippen LogP contribution >= 0.6 is 0 Å². The lowest BCUT2D eigenvalue weighted by molar-refractivity contribution is -0.131. The molecule has 0 radical (unpaired) electrons. The lowest BCUT2D eigenvalue weighted by atomic mass is 9.96. The SMILES string of the molecule is NC(=O)C1CCN(c2nnc(C3CCCOC3)n2CCC(=O)N2CCCCCC2)CC1. The summed E-state index contributed by atoms with van der Waals surface area (Å²) < 4.78 is 7.84. The third kappa shape index (κ3) is 5.37. The van der Waals surface area contributed by atoms with Crippen molar-refractivity contribution in [3.05, 3.63) is 5.82 Å². The van der Waals surface area contributed by atoms with Gasteiger partial charge in [-0.05, 0) is 38.5 Å². The molecule has 2 amide bonds. The van der Waals surface area contributed by atoms with Crippen molar-refractivity contribution < 1.29 is 14.3 Å². The smallest absolute Gasteiger partial charge is 0.227 e. The number of nitrogens with zero attached hydrogens (tertiary/aromatic N) is 5. The number of ether oxygens (including phenoxy) is 1. The van der Waals surface area contributed by atoms with Gasteiger partial charge >= 0.3 is 0 Å². The average Bonchev–Trinajstić information content (AvgIpc) is 3.02. The molecule has 9 nitrogen and oxygen atoms in total. The molecule has 3 aliphatic rings. The second-order valence-corrected chi connectivity index (χ2v) is 9.13. The largest absolute Gasteiger partial charge is 0.381 e. The summed E-state index contributed by atoms with van der Waals surface area (Å²) in [5, 5.41) is 9.08. The summed E-state index contributed by atoms with van der Waals surface area (Å²) >= 11 is 0. The van der Waals surface area contributed by atoms with Gasteiger partial charge in [0.05, 0.1) is 6.61 Å². The Hall–Kier alpha value is -2.16. The number of hydrogen-bond donors (Lipinski definition) is 1. The molecule has 1 atom stereocenters. The molecule has 1 aromatic rings. The third-order valence-corrected chi connectivity index (χ3v) is 6.97. The molecule has 172 valence electrons. The Balaban J connectivity index is 1.48. The van der Waals surface area contributed by atoms with Gasteiger partial charge in [-0.3, -0.25) is 14.2 Å². The minimum absolute atomic E-state index is 0.0662. The van der Waals surface area contributed by atoms with E-state index < -0.39 is 0 Å². The molecule has 31 heavy (non-hydrogen) atoms. The van der Waals surface area contributed by atoms with Crippen LogP contribution in [0.1, 0.15) is 69.5 Å². The van der Waals surface area contributed by atoms with E-state index in [-0.39, 0.29) is 23.7 Å². The molecule has 0 spiro atoms. The summed E-state index contributed by atoms with van der Waals surface area (Å²) in [5.41, 5.74) is 5.50. The van der Waals surface area contributed by atoms with Crippen LogP contribution in [-0.2, 0) is 20.9 Å². The molecule has 2 N–H and O–H groups in total. The van der Waals surface area contributed by atoms with E-state index in [0.29, 0.717) is 19.6 Å². The number of carbonyl (C=O) groups excluding carboxylic acids is 2. The molecular formula is C22H36N6O3. The molecule has 1 aromatic heterocycles. The standard InChI is InChI=1S/C22H36N6O3/c23-20(30)17-7-12-27(13-8-17)22-25-24-21(18-6-5-15-31-16-18)28(22)14-9-19(29)26-10-3-1-2-4-11-26/h17-18H,1-16H2,(H2,23,30). The van der Waals surface area contributed by atoms with Crippen LogP contribution in [-0.4, -0.2) is 70.9 Å². The Labute approximate surface area is 184 Å². The van der Waals surface area contributed by atoms with Crippen LogP contribution in [0.4, 0.5) is 5.95 Å². The van der Waals surface area contributed by atoms with E-state index in [4.69, 9.17) is 10.5 Å². The van der Waals surface area contributed by atoms with Crippen molar-refractivity contribution in [3.8, 4) is 0 Å². The van der Waals surface area contributed by atoms with Gasteiger partial charge < -0.3 is 20.3 Å². The van der Waals surface area contributed by atoms with E-state index in [1.807, 2.05) is 4.90 Å². The molecule has 1 unspecified atom stereocenters. The Morgan fingerprint density at radius 1 is 0.968 bits per heavy atom. The fourth-order valence-corrected chi connectivity index (χ4v) is 5.05. The van der Waals surface area contributed by atoms with E-state index in [9.17, 15) is 9.59 Å². The van der Waals surface area contributed by atoms with Crippen molar-refractivity contribution >= 4 is 17.8 Å². The van der Waals surface area contributed by atoms with E-state index in [1.165, 1.54) is 12.8 Å². The minimum atomic E-state index is -0.218. The van der Waals surface area contributed by atoms with Crippen molar-refractivity contribution in [2.45, 2.75) is 70.3 Å². The summed E-state index contributed by atoms with van der Waals surface area (Å²) in [4.78, 5) is 28.7. The Morgan fingerprint density at radius 2 is 1.71 bits per heavy atom. The molecule has 3 fully saturated rings. The number of amides is 2. The topological polar surface area (TPSA) is 107 Å². The number of piperidine rings is 1. The van der Waals surface area contributed by atoms with Gasteiger partial charge in [-0.1, -0.05) is 12.8 Å². The fraction of sp³-hybridized carbons (Fsp3) is 0.818. The Kier molecular flexibility index (Phi) is 7.42. The minimum Gasteiger partial charge on any atom is -0.381 e. The van der Waals surface area contributed by atoms with E-state index in [2.05, 4.69) is 19.7 Å². The lowest BCUT2D eigenvalue weighted by Gasteiger charge is -2.32. The monoisotopic (exact) mass is 432 g/mol. The normalized spacial score (nSPS) is 23.5. The summed E-state index contributed by atoms with van der Waals surface area (Å²) in [6.45, 7) is 5.24. The van der Waals surface area contributed by atoms with Crippen molar-refractivity contribution in [2.24, 2.45) is 11.7 Å². The Bertz CT molecular complexity index is 744. The molecule has 9 heteroatoms. The zero-order chi connectivity index (χ0) is 21.6. The highest BCUT2D eigenvalue weighted by Crippen LogP contribution is 2.29. The van der Waals surface area contributed by atoms with Crippen LogP contribution in [0.25, 0.3) is 0 Å². The van der Waals surface area contributed by atoms with Crippen LogP contribution < -0.4 is 10.6 Å². The predicted octanol–water partition coefficient (Wildman–Crippen LogP) is 1.67. The number of nitrogens with two attached hydrogens (primary N) is 1. The van der Waals surface area contributed by atoms with Gasteiger partial charge in [-0.15, -0.1) is 10.2 Å². The summed E-state index contributed by atoms with van der Waals surface area (Å²) in [7, 11) is 0. The van der Waals surface area contributed by atoms with Gasteiger partial charge in [-0.2, -0.15) is 0 Å². The Morgan fingerprint density at radius 3 is 2.35 bits per heavy atom. The zero-order valence-electron chi connectivity index (χ0n) is 18.5. The molecule has 3 saturated heterocycles. The van der Waals surface area contributed by atoms with Gasteiger partial charge in [0, 0.05) is 57.6 Å². The van der Waals surface area contributed by atoms with Crippen molar-refractivity contribution in [3.63, 3.8) is 0 Å². The fourth-order valence-electron chi connectivity index (χ4n) is 5.05. The maximum absolute atomic E-state index is 12.9. The summed E-state index contributed by atoms with van der Waals surface area (Å²) in [6.07, 6.45) is 8.60. The zero-order valence-corrected chi connectivity index (χ0v) is 18.5. The van der Waals surface area contributed by atoms with E-state index in [0.717, 1.165) is 83.1 Å². The summed E-state index contributed by atoms with van der Waals surface area (Å²) in [6, 6.07) is 0. The van der Waals surface area contributed by atoms with E-state index >= 15 is 0 Å². The van der Waals surface area contributed by atoms with E-state index in [1.54, 1.807) is 0 Å². The second kappa shape index (κ2) is 10.4. The third-order valence-electron chi connectivity index (χ3n) is 6.97. The quantitative estimate of drug-likeness (QED) is 0.733. The first-order chi connectivity index (χ1) is 15.1. The molecule has 0 aliphatic carbocycles.